The molecule has 0 aliphatic carbocycles. The molecular weight excluding hydrogens is 394 g/mol. The Bertz CT molecular complexity index is 588. The van der Waals surface area contributed by atoms with Crippen molar-refractivity contribution in [3.63, 3.8) is 0 Å². The maximum absolute atomic E-state index is 11.9. The Morgan fingerprint density at radius 2 is 1.89 bits per heavy atom. The van der Waals surface area contributed by atoms with Gasteiger partial charge >= 0.3 is 0 Å². The molecule has 1 aliphatic rings. The Labute approximate surface area is 166 Å². The van der Waals surface area contributed by atoms with E-state index in [1.165, 1.54) is 6.42 Å². The fourth-order valence-electron chi connectivity index (χ4n) is 2.64. The zero-order valence-electron chi connectivity index (χ0n) is 15.2. The van der Waals surface area contributed by atoms with Gasteiger partial charge in [-0.3, -0.25) is 4.79 Å². The van der Waals surface area contributed by atoms with Crippen molar-refractivity contribution in [2.45, 2.75) is 79.6 Å². The van der Waals surface area contributed by atoms with Crippen LogP contribution in [0.25, 0.3) is 0 Å². The summed E-state index contributed by atoms with van der Waals surface area (Å²) in [6.45, 7) is 1.65. The van der Waals surface area contributed by atoms with Crippen molar-refractivity contribution in [1.29, 1.82) is 0 Å². The topological polar surface area (TPSA) is 145 Å². The van der Waals surface area contributed by atoms with Gasteiger partial charge in [0.15, 0.2) is 4.34 Å². The van der Waals surface area contributed by atoms with E-state index in [9.17, 15) is 25.2 Å². The zero-order chi connectivity index (χ0) is 19.8. The largest absolute Gasteiger partial charge is 0.394 e. The van der Waals surface area contributed by atoms with E-state index in [1.54, 1.807) is 0 Å². The Balaban J connectivity index is 1.82. The molecule has 1 aromatic heterocycles. The number of hydrogen-bond acceptors (Lipinski definition) is 10. The number of nitrogens with zero attached hydrogens (tertiary/aromatic N) is 2. The first-order valence-corrected chi connectivity index (χ1v) is 10.8. The third-order valence-corrected chi connectivity index (χ3v) is 6.30. The summed E-state index contributed by atoms with van der Waals surface area (Å²) in [5, 5.41) is 49.7. The standard InChI is InChI=1S/C16H27N3O6S2/c1-2-3-4-5-6-7-10(21)17-15-18-19-16(27-15)26-14-13(24)12(23)11(22)9(8-20)25-14/h9,11-14,20,22-24H,2-8H2,1H3,(H,17,18,21)/t9-,11+,12+,13-,14+/m1/s1. The highest BCUT2D eigenvalue weighted by Crippen LogP contribution is 2.35. The van der Waals surface area contributed by atoms with Crippen LogP contribution in [-0.2, 0) is 9.53 Å². The van der Waals surface area contributed by atoms with E-state index in [2.05, 4.69) is 22.4 Å². The zero-order valence-corrected chi connectivity index (χ0v) is 16.8. The molecule has 27 heavy (non-hydrogen) atoms. The first-order chi connectivity index (χ1) is 13.0. The summed E-state index contributed by atoms with van der Waals surface area (Å²) < 4.78 is 5.84. The molecule has 0 bridgehead atoms. The van der Waals surface area contributed by atoms with Gasteiger partial charge in [0.1, 0.15) is 29.9 Å². The molecule has 0 radical (unpaired) electrons. The summed E-state index contributed by atoms with van der Waals surface area (Å²) in [7, 11) is 0. The number of anilines is 1. The SMILES string of the molecule is CCCCCCCC(=O)Nc1nnc(S[C@@H]2O[C@H](CO)[C@H](O)[C@H](O)[C@H]2O)s1. The van der Waals surface area contributed by atoms with Gasteiger partial charge in [-0.1, -0.05) is 55.7 Å². The number of aliphatic hydroxyl groups is 4. The summed E-state index contributed by atoms with van der Waals surface area (Å²) in [6, 6.07) is 0. The molecule has 0 unspecified atom stereocenters. The molecule has 1 aliphatic heterocycles. The van der Waals surface area contributed by atoms with E-state index in [-0.39, 0.29) is 5.91 Å². The van der Waals surface area contributed by atoms with E-state index >= 15 is 0 Å². The first-order valence-electron chi connectivity index (χ1n) is 9.06. The van der Waals surface area contributed by atoms with Crippen LogP contribution >= 0.6 is 23.1 Å². The van der Waals surface area contributed by atoms with Gasteiger partial charge in [-0.15, -0.1) is 10.2 Å². The number of aromatic nitrogens is 2. The van der Waals surface area contributed by atoms with Gasteiger partial charge in [-0.2, -0.15) is 0 Å². The minimum atomic E-state index is -1.44. The van der Waals surface area contributed by atoms with Gasteiger partial charge in [-0.05, 0) is 6.42 Å². The summed E-state index contributed by atoms with van der Waals surface area (Å²) in [5.41, 5.74) is -0.921. The molecule has 5 atom stereocenters. The lowest BCUT2D eigenvalue weighted by molar-refractivity contribution is -0.205. The van der Waals surface area contributed by atoms with Crippen molar-refractivity contribution in [3.8, 4) is 0 Å². The molecule has 0 aromatic carbocycles. The highest BCUT2D eigenvalue weighted by molar-refractivity contribution is 8.01. The van der Waals surface area contributed by atoms with E-state index in [0.717, 1.165) is 48.8 Å². The van der Waals surface area contributed by atoms with Crippen molar-refractivity contribution >= 4 is 34.1 Å². The average Bonchev–Trinajstić information content (AvgIpc) is 3.08. The van der Waals surface area contributed by atoms with Gasteiger partial charge < -0.3 is 30.5 Å². The smallest absolute Gasteiger partial charge is 0.226 e. The lowest BCUT2D eigenvalue weighted by Gasteiger charge is -2.39. The first kappa shape index (κ1) is 22.5. The molecule has 1 aromatic rings. The molecule has 9 nitrogen and oxygen atoms in total. The van der Waals surface area contributed by atoms with Crippen molar-refractivity contribution < 1.29 is 30.0 Å². The molecule has 2 rings (SSSR count). The molecule has 1 amide bonds. The van der Waals surface area contributed by atoms with Crippen molar-refractivity contribution in [3.05, 3.63) is 0 Å². The lowest BCUT2D eigenvalue weighted by Crippen LogP contribution is -2.57. The second-order valence-corrected chi connectivity index (χ2v) is 8.72. The molecule has 5 N–H and O–H groups in total. The van der Waals surface area contributed by atoms with E-state index < -0.39 is 36.5 Å². The van der Waals surface area contributed by atoms with Gasteiger partial charge in [0, 0.05) is 6.42 Å². The molecule has 11 heteroatoms. The van der Waals surface area contributed by atoms with Crippen LogP contribution in [0.4, 0.5) is 5.13 Å². The second-order valence-electron chi connectivity index (χ2n) is 6.40. The average molecular weight is 422 g/mol. The normalized spacial score (nSPS) is 28.3. The minimum absolute atomic E-state index is 0.118. The fourth-order valence-corrected chi connectivity index (χ4v) is 4.64. The third-order valence-electron chi connectivity index (χ3n) is 4.23. The van der Waals surface area contributed by atoms with Crippen LogP contribution < -0.4 is 5.32 Å². The van der Waals surface area contributed by atoms with E-state index in [1.807, 2.05) is 0 Å². The maximum Gasteiger partial charge on any atom is 0.226 e. The molecule has 0 saturated carbocycles. The number of hydrogen-bond donors (Lipinski definition) is 5. The van der Waals surface area contributed by atoms with Gasteiger partial charge in [0.05, 0.1) is 6.61 Å². The molecule has 1 saturated heterocycles. The molecule has 2 heterocycles. The van der Waals surface area contributed by atoms with Gasteiger partial charge in [-0.25, -0.2) is 0 Å². The number of ether oxygens (including phenoxy) is 1. The third kappa shape index (κ3) is 6.63. The predicted octanol–water partition coefficient (Wildman–Crippen LogP) is 0.729. The van der Waals surface area contributed by atoms with Gasteiger partial charge in [0.2, 0.25) is 11.0 Å². The Morgan fingerprint density at radius 1 is 1.15 bits per heavy atom. The Kier molecular flexibility index (Phi) is 9.36. The van der Waals surface area contributed by atoms with Crippen LogP contribution in [0.3, 0.4) is 0 Å². The number of carbonyl (C=O) groups excluding carboxylic acids is 1. The quantitative estimate of drug-likeness (QED) is 0.273. The van der Waals surface area contributed by atoms with Gasteiger partial charge in [0.25, 0.3) is 0 Å². The van der Waals surface area contributed by atoms with Crippen LogP contribution in [-0.4, -0.2) is 73.0 Å². The van der Waals surface area contributed by atoms with Crippen LogP contribution in [0.5, 0.6) is 0 Å². The summed E-state index contributed by atoms with van der Waals surface area (Å²) >= 11 is 2.14. The summed E-state index contributed by atoms with van der Waals surface area (Å²) in [6.07, 6.45) is 0.589. The molecule has 0 spiro atoms. The van der Waals surface area contributed by atoms with Crippen molar-refractivity contribution in [1.82, 2.24) is 10.2 Å². The number of rotatable bonds is 10. The predicted molar refractivity (Wildman–Crippen MR) is 102 cm³/mol. The fraction of sp³-hybridized carbons (Fsp3) is 0.812. The van der Waals surface area contributed by atoms with Crippen LogP contribution in [0.2, 0.25) is 0 Å². The Hall–Kier alpha value is -0.820. The van der Waals surface area contributed by atoms with E-state index in [4.69, 9.17) is 4.74 Å². The number of thioether (sulfide) groups is 1. The highest BCUT2D eigenvalue weighted by atomic mass is 32.2. The minimum Gasteiger partial charge on any atom is -0.394 e. The van der Waals surface area contributed by atoms with Crippen LogP contribution in [0.15, 0.2) is 4.34 Å². The van der Waals surface area contributed by atoms with Crippen LogP contribution in [0.1, 0.15) is 45.4 Å². The lowest BCUT2D eigenvalue weighted by atomic mass is 10.0. The number of carbonyl (C=O) groups is 1. The summed E-state index contributed by atoms with van der Waals surface area (Å²) in [4.78, 5) is 11.9. The van der Waals surface area contributed by atoms with Crippen molar-refractivity contribution in [2.75, 3.05) is 11.9 Å². The number of aliphatic hydroxyl groups excluding tert-OH is 4. The monoisotopic (exact) mass is 421 g/mol. The van der Waals surface area contributed by atoms with E-state index in [0.29, 0.717) is 15.9 Å². The van der Waals surface area contributed by atoms with Crippen LogP contribution in [0, 0.1) is 0 Å². The number of nitrogens with one attached hydrogen (secondary N) is 1. The Morgan fingerprint density at radius 3 is 2.59 bits per heavy atom. The molecular formula is C16H27N3O6S2. The maximum atomic E-state index is 11.9. The number of unbranched alkanes of at least 4 members (excludes halogenated alkanes) is 4. The van der Waals surface area contributed by atoms with Crippen molar-refractivity contribution in [2.24, 2.45) is 0 Å². The number of amides is 1. The second kappa shape index (κ2) is 11.2. The molecule has 1 fully saturated rings. The highest BCUT2D eigenvalue weighted by Gasteiger charge is 2.44. The molecule has 154 valence electrons. The summed E-state index contributed by atoms with van der Waals surface area (Å²) in [5.74, 6) is -0.118.